The molecule has 158 valence electrons. The van der Waals surface area contributed by atoms with E-state index < -0.39 is 29.6 Å². The molecule has 2 N–H and O–H groups in total. The molecule has 0 spiro atoms. The largest absolute Gasteiger partial charge is 0.365 e. The van der Waals surface area contributed by atoms with E-state index in [9.17, 15) is 23.6 Å². The highest BCUT2D eigenvalue weighted by atomic mass is 19.1. The van der Waals surface area contributed by atoms with Gasteiger partial charge >= 0.3 is 0 Å². The summed E-state index contributed by atoms with van der Waals surface area (Å²) in [5.41, 5.74) is 1.87. The zero-order chi connectivity index (χ0) is 21.0. The molecule has 5 aliphatic rings. The summed E-state index contributed by atoms with van der Waals surface area (Å²) in [5.74, 6) is -1.90. The van der Waals surface area contributed by atoms with E-state index in [4.69, 9.17) is 0 Å². The van der Waals surface area contributed by atoms with Crippen molar-refractivity contribution in [3.8, 4) is 0 Å². The quantitative estimate of drug-likeness (QED) is 0.412. The van der Waals surface area contributed by atoms with Crippen molar-refractivity contribution < 1.29 is 23.6 Å². The number of piperidine rings is 3. The van der Waals surface area contributed by atoms with Crippen molar-refractivity contribution >= 4 is 29.6 Å². The first kappa shape index (κ1) is 19.3. The van der Waals surface area contributed by atoms with Gasteiger partial charge < -0.3 is 10.2 Å². The average Bonchev–Trinajstić information content (AvgIpc) is 3.12. The van der Waals surface area contributed by atoms with Crippen molar-refractivity contribution in [2.75, 3.05) is 18.0 Å². The van der Waals surface area contributed by atoms with Crippen LogP contribution in [0.4, 0.5) is 10.1 Å². The number of nitrogens with one attached hydrogen (secondary N) is 2. The number of rotatable bonds is 4. The van der Waals surface area contributed by atoms with Gasteiger partial charge in [-0.2, -0.15) is 0 Å². The molecule has 0 aromatic heterocycles. The first-order valence-electron chi connectivity index (χ1n) is 10.4. The molecule has 5 aliphatic heterocycles. The number of hydrogen-bond donors (Lipinski definition) is 2. The Morgan fingerprint density at radius 2 is 2.03 bits per heavy atom. The van der Waals surface area contributed by atoms with Crippen LogP contribution in [0.5, 0.6) is 0 Å². The standard InChI is InChI=1S/C21H23FN4O4/c22-12-5-11-8-26(15-3-4-18(29)24-21(15)30)20(17(28)10-27)19(11)16(6-12)25-9-13-1-2-14(25)7-23-13/h5-6,10,13-15,20,23H,1-4,7-9H2,(H,24,29,30). The maximum absolute atomic E-state index is 14.6. The van der Waals surface area contributed by atoms with Crippen LogP contribution in [0.15, 0.2) is 12.1 Å². The van der Waals surface area contributed by atoms with Gasteiger partial charge in [0.1, 0.15) is 11.9 Å². The number of hydrogen-bond acceptors (Lipinski definition) is 7. The molecule has 1 aromatic carbocycles. The average molecular weight is 414 g/mol. The van der Waals surface area contributed by atoms with Gasteiger partial charge in [0.15, 0.2) is 6.29 Å². The van der Waals surface area contributed by atoms with Crippen LogP contribution in [0.3, 0.4) is 0 Å². The van der Waals surface area contributed by atoms with E-state index in [1.54, 1.807) is 4.90 Å². The molecule has 4 atom stereocenters. The third-order valence-corrected chi connectivity index (χ3v) is 6.82. The van der Waals surface area contributed by atoms with Gasteiger partial charge in [0.05, 0.1) is 6.04 Å². The van der Waals surface area contributed by atoms with Crippen LogP contribution in [0.1, 0.15) is 42.9 Å². The molecule has 4 saturated heterocycles. The number of carbonyl (C=O) groups excluding carboxylic acids is 4. The molecule has 2 bridgehead atoms. The van der Waals surface area contributed by atoms with Crippen molar-refractivity contribution in [2.24, 2.45) is 0 Å². The molecule has 8 nitrogen and oxygen atoms in total. The Morgan fingerprint density at radius 3 is 2.67 bits per heavy atom. The molecule has 0 aliphatic carbocycles. The molecule has 5 heterocycles. The minimum Gasteiger partial charge on any atom is -0.365 e. The van der Waals surface area contributed by atoms with Crippen LogP contribution in [0, 0.1) is 5.82 Å². The summed E-state index contributed by atoms with van der Waals surface area (Å²) in [6, 6.07) is 1.65. The number of carbonyl (C=O) groups is 4. The topological polar surface area (TPSA) is 98.8 Å². The smallest absolute Gasteiger partial charge is 0.243 e. The van der Waals surface area contributed by atoms with Crippen molar-refractivity contribution in [1.82, 2.24) is 15.5 Å². The number of anilines is 1. The second-order valence-corrected chi connectivity index (χ2v) is 8.55. The zero-order valence-electron chi connectivity index (χ0n) is 16.4. The molecule has 1 aromatic rings. The van der Waals surface area contributed by atoms with Crippen molar-refractivity contribution in [3.05, 3.63) is 29.1 Å². The van der Waals surface area contributed by atoms with Gasteiger partial charge in [-0.15, -0.1) is 0 Å². The predicted octanol–water partition coefficient (Wildman–Crippen LogP) is 0.196. The molecular formula is C21H23FN4O4. The van der Waals surface area contributed by atoms with Gasteiger partial charge in [0, 0.05) is 49.4 Å². The lowest BCUT2D eigenvalue weighted by Crippen LogP contribution is -2.61. The normalized spacial score (nSPS) is 30.9. The molecule has 9 heteroatoms. The molecular weight excluding hydrogens is 391 g/mol. The number of ketones is 1. The highest BCUT2D eigenvalue weighted by Crippen LogP contribution is 2.44. The van der Waals surface area contributed by atoms with Crippen molar-refractivity contribution in [2.45, 2.75) is 56.4 Å². The lowest BCUT2D eigenvalue weighted by atomic mass is 9.90. The second-order valence-electron chi connectivity index (χ2n) is 8.55. The minimum absolute atomic E-state index is 0.161. The Bertz CT molecular complexity index is 943. The lowest BCUT2D eigenvalue weighted by molar-refractivity contribution is -0.141. The summed E-state index contributed by atoms with van der Waals surface area (Å²) < 4.78 is 14.6. The zero-order valence-corrected chi connectivity index (χ0v) is 16.4. The molecule has 4 unspecified atom stereocenters. The van der Waals surface area contributed by atoms with E-state index in [-0.39, 0.29) is 37.6 Å². The minimum atomic E-state index is -0.953. The number of benzene rings is 1. The number of halogens is 1. The van der Waals surface area contributed by atoms with E-state index in [2.05, 4.69) is 15.5 Å². The Labute approximate surface area is 172 Å². The summed E-state index contributed by atoms with van der Waals surface area (Å²) in [5, 5.41) is 5.77. The molecule has 0 radical (unpaired) electrons. The van der Waals surface area contributed by atoms with E-state index in [1.807, 2.05) is 0 Å². The number of nitrogens with zero attached hydrogens (tertiary/aromatic N) is 2. The van der Waals surface area contributed by atoms with Crippen molar-refractivity contribution in [3.63, 3.8) is 0 Å². The summed E-state index contributed by atoms with van der Waals surface area (Å²) in [6.45, 7) is 1.68. The van der Waals surface area contributed by atoms with E-state index >= 15 is 0 Å². The fourth-order valence-corrected chi connectivity index (χ4v) is 5.46. The van der Waals surface area contributed by atoms with Crippen LogP contribution < -0.4 is 15.5 Å². The summed E-state index contributed by atoms with van der Waals surface area (Å²) in [7, 11) is 0. The Kier molecular flexibility index (Phi) is 4.67. The summed E-state index contributed by atoms with van der Waals surface area (Å²) in [6.07, 6.45) is 2.73. The summed E-state index contributed by atoms with van der Waals surface area (Å²) >= 11 is 0. The first-order chi connectivity index (χ1) is 14.5. The third kappa shape index (κ3) is 3.04. The second kappa shape index (κ2) is 7.24. The van der Waals surface area contributed by atoms with Gasteiger partial charge in [-0.1, -0.05) is 0 Å². The third-order valence-electron chi connectivity index (χ3n) is 6.82. The van der Waals surface area contributed by atoms with E-state index in [0.717, 1.165) is 19.4 Å². The van der Waals surface area contributed by atoms with Crippen molar-refractivity contribution in [1.29, 1.82) is 0 Å². The molecule has 2 amide bonds. The van der Waals surface area contributed by atoms with Gasteiger partial charge in [0.25, 0.3) is 0 Å². The molecule has 0 saturated carbocycles. The van der Waals surface area contributed by atoms with Crippen LogP contribution in [-0.4, -0.2) is 60.0 Å². The van der Waals surface area contributed by atoms with Gasteiger partial charge in [-0.05, 0) is 37.0 Å². The highest BCUT2D eigenvalue weighted by molar-refractivity contribution is 6.28. The predicted molar refractivity (Wildman–Crippen MR) is 104 cm³/mol. The fraction of sp³-hybridized carbons (Fsp3) is 0.524. The monoisotopic (exact) mass is 414 g/mol. The van der Waals surface area contributed by atoms with E-state index in [1.165, 1.54) is 12.1 Å². The number of aldehydes is 1. The number of piperazine rings is 1. The maximum atomic E-state index is 14.6. The van der Waals surface area contributed by atoms with Gasteiger partial charge in [-0.25, -0.2) is 4.39 Å². The number of Topliss-reactive ketones (excluding diaryl/α,β-unsaturated/α-hetero) is 1. The fourth-order valence-electron chi connectivity index (χ4n) is 5.46. The van der Waals surface area contributed by atoms with Gasteiger partial charge in [-0.3, -0.25) is 29.4 Å². The van der Waals surface area contributed by atoms with Crippen LogP contribution in [0.2, 0.25) is 0 Å². The Hall–Kier alpha value is -2.65. The Balaban J connectivity index is 1.58. The summed E-state index contributed by atoms with van der Waals surface area (Å²) in [4.78, 5) is 52.1. The molecule has 30 heavy (non-hydrogen) atoms. The number of fused-ring (bicyclic) bond motifs is 4. The van der Waals surface area contributed by atoms with Crippen LogP contribution >= 0.6 is 0 Å². The van der Waals surface area contributed by atoms with Crippen LogP contribution in [0.25, 0.3) is 0 Å². The van der Waals surface area contributed by atoms with Gasteiger partial charge in [0.2, 0.25) is 17.6 Å². The first-order valence-corrected chi connectivity index (χ1v) is 10.4. The Morgan fingerprint density at radius 1 is 1.20 bits per heavy atom. The number of amides is 2. The molecule has 6 rings (SSSR count). The van der Waals surface area contributed by atoms with Crippen LogP contribution in [-0.2, 0) is 25.7 Å². The maximum Gasteiger partial charge on any atom is 0.243 e. The number of imide groups is 1. The highest BCUT2D eigenvalue weighted by Gasteiger charge is 2.46. The van der Waals surface area contributed by atoms with E-state index in [0.29, 0.717) is 29.4 Å². The molecule has 4 fully saturated rings. The lowest BCUT2D eigenvalue weighted by Gasteiger charge is -2.48. The SMILES string of the molecule is O=CC(=O)C1c2c(cc(F)cc2N2CC3CCC2CN3)CN1C1CCC(=O)NC1=O.